The summed E-state index contributed by atoms with van der Waals surface area (Å²) in [6, 6.07) is 12.1. The zero-order valence-corrected chi connectivity index (χ0v) is 17.9. The van der Waals surface area contributed by atoms with Crippen LogP contribution in [0.15, 0.2) is 47.4 Å². The van der Waals surface area contributed by atoms with E-state index < -0.39 is 10.0 Å². The zero-order chi connectivity index (χ0) is 20.4. The number of thiazole rings is 1. The van der Waals surface area contributed by atoms with Gasteiger partial charge in [0, 0.05) is 18.7 Å². The molecule has 1 aliphatic rings. The number of carbonyl (C=O) groups excluding carboxylic acids is 1. The molecular weight excluding hydrogens is 406 g/mol. The fraction of sp³-hybridized carbons (Fsp3) is 0.333. The molecule has 2 aromatic carbocycles. The normalized spacial score (nSPS) is 15.9. The van der Waals surface area contributed by atoms with Gasteiger partial charge in [0.05, 0.1) is 15.1 Å². The van der Waals surface area contributed by atoms with Crippen LogP contribution < -0.4 is 5.32 Å². The summed E-state index contributed by atoms with van der Waals surface area (Å²) < 4.78 is 28.6. The molecule has 0 radical (unpaired) electrons. The fourth-order valence-corrected chi connectivity index (χ4v) is 6.04. The molecule has 29 heavy (non-hydrogen) atoms. The van der Waals surface area contributed by atoms with Crippen LogP contribution in [0.25, 0.3) is 10.2 Å². The van der Waals surface area contributed by atoms with E-state index in [0.717, 1.165) is 41.5 Å². The molecule has 152 valence electrons. The van der Waals surface area contributed by atoms with Crippen molar-refractivity contribution in [3.63, 3.8) is 0 Å². The third-order valence-corrected chi connectivity index (χ3v) is 7.97. The molecule has 1 saturated heterocycles. The highest BCUT2D eigenvalue weighted by molar-refractivity contribution is 7.89. The van der Waals surface area contributed by atoms with Crippen LogP contribution >= 0.6 is 11.3 Å². The van der Waals surface area contributed by atoms with Gasteiger partial charge in [-0.2, -0.15) is 4.31 Å². The number of amides is 1. The highest BCUT2D eigenvalue weighted by Crippen LogP contribution is 2.28. The largest absolute Gasteiger partial charge is 0.298 e. The SMILES string of the molecule is Cc1cccc2sc(NC(=O)c3cccc(S(=O)(=O)N4CCCCCC4)c3)nc12. The van der Waals surface area contributed by atoms with E-state index in [1.165, 1.54) is 21.7 Å². The Labute approximate surface area is 174 Å². The maximum Gasteiger partial charge on any atom is 0.257 e. The van der Waals surface area contributed by atoms with Gasteiger partial charge in [0.25, 0.3) is 5.91 Å². The molecule has 1 amide bonds. The van der Waals surface area contributed by atoms with Crippen molar-refractivity contribution in [1.82, 2.24) is 9.29 Å². The lowest BCUT2D eigenvalue weighted by Crippen LogP contribution is -2.32. The van der Waals surface area contributed by atoms with Crippen molar-refractivity contribution in [1.29, 1.82) is 0 Å². The zero-order valence-electron chi connectivity index (χ0n) is 16.2. The summed E-state index contributed by atoms with van der Waals surface area (Å²) in [7, 11) is -3.60. The molecular formula is C21H23N3O3S2. The predicted molar refractivity (Wildman–Crippen MR) is 116 cm³/mol. The number of nitrogens with one attached hydrogen (secondary N) is 1. The van der Waals surface area contributed by atoms with E-state index in [2.05, 4.69) is 10.3 Å². The monoisotopic (exact) mass is 429 g/mol. The molecule has 8 heteroatoms. The molecule has 0 aliphatic carbocycles. The molecule has 6 nitrogen and oxygen atoms in total. The summed E-state index contributed by atoms with van der Waals surface area (Å²) in [5, 5.41) is 3.30. The summed E-state index contributed by atoms with van der Waals surface area (Å²) in [5.41, 5.74) is 2.21. The lowest BCUT2D eigenvalue weighted by Gasteiger charge is -2.20. The van der Waals surface area contributed by atoms with Gasteiger partial charge in [0.15, 0.2) is 5.13 Å². The van der Waals surface area contributed by atoms with Crippen molar-refractivity contribution in [2.24, 2.45) is 0 Å². The maximum atomic E-state index is 13.0. The number of hydrogen-bond acceptors (Lipinski definition) is 5. The Morgan fingerprint density at radius 3 is 2.52 bits per heavy atom. The second kappa shape index (κ2) is 8.22. The topological polar surface area (TPSA) is 79.4 Å². The smallest absolute Gasteiger partial charge is 0.257 e. The first kappa shape index (κ1) is 20.0. The third-order valence-electron chi connectivity index (χ3n) is 5.14. The number of anilines is 1. The minimum absolute atomic E-state index is 0.159. The third kappa shape index (κ3) is 4.19. The van der Waals surface area contributed by atoms with Crippen molar-refractivity contribution >= 4 is 42.6 Å². The molecule has 1 aromatic heterocycles. The molecule has 3 aromatic rings. The number of nitrogens with zero attached hydrogens (tertiary/aromatic N) is 2. The molecule has 0 spiro atoms. The second-order valence-electron chi connectivity index (χ2n) is 7.24. The first-order valence-electron chi connectivity index (χ1n) is 9.73. The van der Waals surface area contributed by atoms with Crippen LogP contribution in [0.1, 0.15) is 41.6 Å². The Bertz CT molecular complexity index is 1150. The van der Waals surface area contributed by atoms with E-state index in [-0.39, 0.29) is 10.8 Å². The average molecular weight is 430 g/mol. The molecule has 0 unspecified atom stereocenters. The van der Waals surface area contributed by atoms with E-state index in [1.807, 2.05) is 25.1 Å². The van der Waals surface area contributed by atoms with E-state index in [4.69, 9.17) is 0 Å². The first-order valence-corrected chi connectivity index (χ1v) is 12.0. The van der Waals surface area contributed by atoms with Gasteiger partial charge in [-0.3, -0.25) is 10.1 Å². The average Bonchev–Trinajstić information content (AvgIpc) is 2.93. The molecule has 2 heterocycles. The number of hydrogen-bond donors (Lipinski definition) is 1. The van der Waals surface area contributed by atoms with Crippen LogP contribution in [0.5, 0.6) is 0 Å². The number of carbonyl (C=O) groups is 1. The van der Waals surface area contributed by atoms with Gasteiger partial charge in [-0.15, -0.1) is 0 Å². The lowest BCUT2D eigenvalue weighted by molar-refractivity contribution is 0.102. The first-order chi connectivity index (χ1) is 13.9. The Hall–Kier alpha value is -2.29. The second-order valence-corrected chi connectivity index (χ2v) is 10.2. The van der Waals surface area contributed by atoms with Crippen LogP contribution in [0.3, 0.4) is 0 Å². The predicted octanol–water partition coefficient (Wildman–Crippen LogP) is 4.42. The number of aryl methyl sites for hydroxylation is 1. The summed E-state index contributed by atoms with van der Waals surface area (Å²) >= 11 is 1.40. The molecule has 1 N–H and O–H groups in total. The highest BCUT2D eigenvalue weighted by Gasteiger charge is 2.26. The van der Waals surface area contributed by atoms with E-state index in [9.17, 15) is 13.2 Å². The van der Waals surface area contributed by atoms with Gasteiger partial charge >= 0.3 is 0 Å². The maximum absolute atomic E-state index is 13.0. The van der Waals surface area contributed by atoms with Crippen molar-refractivity contribution in [3.05, 3.63) is 53.6 Å². The standard InChI is InChI=1S/C21H23N3O3S2/c1-15-8-6-11-18-19(15)22-21(28-18)23-20(25)16-9-7-10-17(14-16)29(26,27)24-12-4-2-3-5-13-24/h6-11,14H,2-5,12-13H2,1H3,(H,22,23,25). The van der Waals surface area contributed by atoms with Crippen LogP contribution in [-0.4, -0.2) is 36.7 Å². The van der Waals surface area contributed by atoms with Gasteiger partial charge in [-0.05, 0) is 49.6 Å². The molecule has 1 fully saturated rings. The molecule has 1 aliphatic heterocycles. The van der Waals surface area contributed by atoms with E-state index in [1.54, 1.807) is 18.2 Å². The van der Waals surface area contributed by atoms with Crippen LogP contribution in [0.4, 0.5) is 5.13 Å². The van der Waals surface area contributed by atoms with Gasteiger partial charge in [0.2, 0.25) is 10.0 Å². The Balaban J connectivity index is 1.57. The summed E-state index contributed by atoms with van der Waals surface area (Å²) in [5.74, 6) is -0.366. The van der Waals surface area contributed by atoms with E-state index >= 15 is 0 Å². The summed E-state index contributed by atoms with van der Waals surface area (Å²) in [6.07, 6.45) is 3.85. The number of benzene rings is 2. The van der Waals surface area contributed by atoms with Gasteiger partial charge in [-0.25, -0.2) is 13.4 Å². The minimum Gasteiger partial charge on any atom is -0.298 e. The summed E-state index contributed by atoms with van der Waals surface area (Å²) in [4.78, 5) is 17.4. The minimum atomic E-state index is -3.60. The Kier molecular flexibility index (Phi) is 5.67. The molecule has 0 bridgehead atoms. The highest BCUT2D eigenvalue weighted by atomic mass is 32.2. The number of fused-ring (bicyclic) bond motifs is 1. The Morgan fingerprint density at radius 1 is 1.07 bits per heavy atom. The van der Waals surface area contributed by atoms with Crippen LogP contribution in [0, 0.1) is 6.92 Å². The number of sulfonamides is 1. The lowest BCUT2D eigenvalue weighted by atomic mass is 10.2. The van der Waals surface area contributed by atoms with Crippen molar-refractivity contribution in [2.75, 3.05) is 18.4 Å². The van der Waals surface area contributed by atoms with Gasteiger partial charge in [0.1, 0.15) is 0 Å². The number of para-hydroxylation sites is 1. The van der Waals surface area contributed by atoms with Crippen molar-refractivity contribution in [2.45, 2.75) is 37.5 Å². The molecule has 4 rings (SSSR count). The summed E-state index contributed by atoms with van der Waals surface area (Å²) in [6.45, 7) is 3.04. The van der Waals surface area contributed by atoms with Gasteiger partial charge in [-0.1, -0.05) is 42.4 Å². The van der Waals surface area contributed by atoms with Crippen LogP contribution in [-0.2, 0) is 10.0 Å². The molecule has 0 saturated carbocycles. The number of rotatable bonds is 4. The van der Waals surface area contributed by atoms with Gasteiger partial charge < -0.3 is 0 Å². The fourth-order valence-electron chi connectivity index (χ4n) is 3.54. The van der Waals surface area contributed by atoms with E-state index in [0.29, 0.717) is 23.8 Å². The van der Waals surface area contributed by atoms with Crippen molar-refractivity contribution in [3.8, 4) is 0 Å². The van der Waals surface area contributed by atoms with Crippen LogP contribution in [0.2, 0.25) is 0 Å². The van der Waals surface area contributed by atoms with Crippen molar-refractivity contribution < 1.29 is 13.2 Å². The Morgan fingerprint density at radius 2 is 1.79 bits per heavy atom. The number of aromatic nitrogens is 1. The molecule has 0 atom stereocenters. The quantitative estimate of drug-likeness (QED) is 0.666.